The fourth-order valence-electron chi connectivity index (χ4n) is 2.09. The summed E-state index contributed by atoms with van der Waals surface area (Å²) in [7, 11) is 1.43. The summed E-state index contributed by atoms with van der Waals surface area (Å²) < 4.78 is 23.6. The van der Waals surface area contributed by atoms with Crippen molar-refractivity contribution in [3.05, 3.63) is 29.6 Å². The van der Waals surface area contributed by atoms with Gasteiger partial charge in [-0.1, -0.05) is 6.07 Å². The fourth-order valence-corrected chi connectivity index (χ4v) is 2.09. The number of amides is 1. The van der Waals surface area contributed by atoms with Crippen LogP contribution in [0.3, 0.4) is 0 Å². The summed E-state index contributed by atoms with van der Waals surface area (Å²) in [6.45, 7) is 1.13. The molecule has 1 aromatic rings. The van der Waals surface area contributed by atoms with E-state index in [2.05, 4.69) is 5.32 Å². The standard InChI is InChI=1S/C14H18FNO3/c1-18-12-5-4-10(9-11(12)15)6-7-16-14(17)13-3-2-8-19-13/h4-5,9,13H,2-3,6-8H2,1H3,(H,16,17). The Morgan fingerprint density at radius 1 is 1.58 bits per heavy atom. The minimum Gasteiger partial charge on any atom is -0.494 e. The highest BCUT2D eigenvalue weighted by Crippen LogP contribution is 2.17. The van der Waals surface area contributed by atoms with Gasteiger partial charge in [-0.25, -0.2) is 4.39 Å². The Labute approximate surface area is 111 Å². The summed E-state index contributed by atoms with van der Waals surface area (Å²) in [5.41, 5.74) is 0.825. The molecule has 5 heteroatoms. The molecule has 2 rings (SSSR count). The van der Waals surface area contributed by atoms with Crippen LogP contribution in [0.15, 0.2) is 18.2 Å². The number of carbonyl (C=O) groups is 1. The van der Waals surface area contributed by atoms with Crippen molar-refractivity contribution in [2.45, 2.75) is 25.4 Å². The monoisotopic (exact) mass is 267 g/mol. The molecule has 0 saturated carbocycles. The molecule has 1 amide bonds. The molecule has 0 bridgehead atoms. The molecular weight excluding hydrogens is 249 g/mol. The molecule has 0 spiro atoms. The smallest absolute Gasteiger partial charge is 0.249 e. The molecule has 104 valence electrons. The third-order valence-electron chi connectivity index (χ3n) is 3.15. The van der Waals surface area contributed by atoms with E-state index in [-0.39, 0.29) is 23.6 Å². The van der Waals surface area contributed by atoms with Crippen molar-refractivity contribution in [1.82, 2.24) is 5.32 Å². The molecule has 0 radical (unpaired) electrons. The van der Waals surface area contributed by atoms with E-state index in [9.17, 15) is 9.18 Å². The largest absolute Gasteiger partial charge is 0.494 e. The molecule has 1 saturated heterocycles. The van der Waals surface area contributed by atoms with Gasteiger partial charge in [-0.15, -0.1) is 0 Å². The molecule has 4 nitrogen and oxygen atoms in total. The Balaban J connectivity index is 1.79. The molecule has 1 aliphatic heterocycles. The van der Waals surface area contributed by atoms with Gasteiger partial charge in [0.05, 0.1) is 7.11 Å². The van der Waals surface area contributed by atoms with E-state index < -0.39 is 0 Å². The minimum absolute atomic E-state index is 0.0773. The lowest BCUT2D eigenvalue weighted by Gasteiger charge is -2.10. The predicted octanol–water partition coefficient (Wildman–Crippen LogP) is 1.67. The van der Waals surface area contributed by atoms with E-state index in [4.69, 9.17) is 9.47 Å². The van der Waals surface area contributed by atoms with E-state index in [1.165, 1.54) is 13.2 Å². The van der Waals surface area contributed by atoms with Crippen LogP contribution in [-0.2, 0) is 16.0 Å². The van der Waals surface area contributed by atoms with E-state index >= 15 is 0 Å². The van der Waals surface area contributed by atoms with Crippen LogP contribution in [0.2, 0.25) is 0 Å². The molecule has 1 fully saturated rings. The molecule has 19 heavy (non-hydrogen) atoms. The second kappa shape index (κ2) is 6.52. The van der Waals surface area contributed by atoms with Gasteiger partial charge in [0.2, 0.25) is 5.91 Å². The maximum Gasteiger partial charge on any atom is 0.249 e. The van der Waals surface area contributed by atoms with Crippen molar-refractivity contribution < 1.29 is 18.7 Å². The number of ether oxygens (including phenoxy) is 2. The van der Waals surface area contributed by atoms with E-state index in [1.54, 1.807) is 12.1 Å². The second-order valence-electron chi connectivity index (χ2n) is 4.51. The molecule has 1 unspecified atom stereocenters. The van der Waals surface area contributed by atoms with E-state index in [1.807, 2.05) is 0 Å². The molecule has 1 atom stereocenters. The SMILES string of the molecule is COc1ccc(CCNC(=O)C2CCCO2)cc1F. The average molecular weight is 267 g/mol. The third-order valence-corrected chi connectivity index (χ3v) is 3.15. The zero-order chi connectivity index (χ0) is 13.7. The van der Waals surface area contributed by atoms with Crippen LogP contribution >= 0.6 is 0 Å². The highest BCUT2D eigenvalue weighted by atomic mass is 19.1. The first kappa shape index (κ1) is 13.8. The van der Waals surface area contributed by atoms with Gasteiger partial charge in [0.1, 0.15) is 6.10 Å². The van der Waals surface area contributed by atoms with Crippen LogP contribution in [0.4, 0.5) is 4.39 Å². The van der Waals surface area contributed by atoms with E-state index in [0.29, 0.717) is 19.6 Å². The first-order chi connectivity index (χ1) is 9.20. The van der Waals surface area contributed by atoms with Crippen molar-refractivity contribution in [2.75, 3.05) is 20.3 Å². The lowest BCUT2D eigenvalue weighted by Crippen LogP contribution is -2.35. The van der Waals surface area contributed by atoms with Gasteiger partial charge < -0.3 is 14.8 Å². The number of rotatable bonds is 5. The lowest BCUT2D eigenvalue weighted by atomic mass is 10.1. The maximum absolute atomic E-state index is 13.4. The molecule has 1 heterocycles. The number of carbonyl (C=O) groups excluding carboxylic acids is 1. The van der Waals surface area contributed by atoms with Crippen molar-refractivity contribution in [3.8, 4) is 5.75 Å². The minimum atomic E-state index is -0.384. The summed E-state index contributed by atoms with van der Waals surface area (Å²) in [6.07, 6.45) is 1.98. The Morgan fingerprint density at radius 3 is 3.05 bits per heavy atom. The molecule has 0 aromatic heterocycles. The van der Waals surface area contributed by atoms with Gasteiger partial charge in [0.25, 0.3) is 0 Å². The highest BCUT2D eigenvalue weighted by molar-refractivity contribution is 5.80. The van der Waals surface area contributed by atoms with Crippen LogP contribution in [0.25, 0.3) is 0 Å². The Morgan fingerprint density at radius 2 is 2.42 bits per heavy atom. The van der Waals surface area contributed by atoms with Gasteiger partial charge in [-0.05, 0) is 37.0 Å². The quantitative estimate of drug-likeness (QED) is 0.883. The molecule has 1 aromatic carbocycles. The van der Waals surface area contributed by atoms with Crippen molar-refractivity contribution in [1.29, 1.82) is 0 Å². The first-order valence-corrected chi connectivity index (χ1v) is 6.42. The summed E-state index contributed by atoms with van der Waals surface area (Å²) in [6, 6.07) is 4.81. The molecular formula is C14H18FNO3. The van der Waals surface area contributed by atoms with Crippen LogP contribution in [0, 0.1) is 5.82 Å². The normalized spacial score (nSPS) is 18.3. The van der Waals surface area contributed by atoms with Crippen LogP contribution in [0.5, 0.6) is 5.75 Å². The van der Waals surface area contributed by atoms with Gasteiger partial charge in [0, 0.05) is 13.2 Å². The number of nitrogens with one attached hydrogen (secondary N) is 1. The zero-order valence-corrected chi connectivity index (χ0v) is 10.9. The summed E-state index contributed by atoms with van der Waals surface area (Å²) >= 11 is 0. The number of methoxy groups -OCH3 is 1. The van der Waals surface area contributed by atoms with Gasteiger partial charge in [-0.3, -0.25) is 4.79 Å². The summed E-state index contributed by atoms with van der Waals surface area (Å²) in [5.74, 6) is -0.232. The van der Waals surface area contributed by atoms with Gasteiger partial charge in [-0.2, -0.15) is 0 Å². The van der Waals surface area contributed by atoms with Crippen LogP contribution < -0.4 is 10.1 Å². The third kappa shape index (κ3) is 3.67. The predicted molar refractivity (Wildman–Crippen MR) is 68.6 cm³/mol. The number of halogens is 1. The van der Waals surface area contributed by atoms with Crippen LogP contribution in [-0.4, -0.2) is 32.3 Å². The maximum atomic E-state index is 13.4. The molecule has 1 aliphatic rings. The van der Waals surface area contributed by atoms with Crippen molar-refractivity contribution in [3.63, 3.8) is 0 Å². The lowest BCUT2D eigenvalue weighted by molar-refractivity contribution is -0.129. The van der Waals surface area contributed by atoms with Crippen molar-refractivity contribution in [2.24, 2.45) is 0 Å². The topological polar surface area (TPSA) is 47.6 Å². The number of hydrogen-bond acceptors (Lipinski definition) is 3. The Hall–Kier alpha value is -1.62. The van der Waals surface area contributed by atoms with Gasteiger partial charge in [0.15, 0.2) is 11.6 Å². The molecule has 0 aliphatic carbocycles. The summed E-state index contributed by atoms with van der Waals surface area (Å²) in [5, 5.41) is 2.80. The van der Waals surface area contributed by atoms with Gasteiger partial charge >= 0.3 is 0 Å². The Bertz CT molecular complexity index is 444. The van der Waals surface area contributed by atoms with Crippen molar-refractivity contribution >= 4 is 5.91 Å². The second-order valence-corrected chi connectivity index (χ2v) is 4.51. The number of hydrogen-bond donors (Lipinski definition) is 1. The molecule has 1 N–H and O–H groups in total. The van der Waals surface area contributed by atoms with E-state index in [0.717, 1.165) is 18.4 Å². The van der Waals surface area contributed by atoms with Crippen LogP contribution in [0.1, 0.15) is 18.4 Å². The fraction of sp³-hybridized carbons (Fsp3) is 0.500. The highest BCUT2D eigenvalue weighted by Gasteiger charge is 2.22. The number of benzene rings is 1. The average Bonchev–Trinajstić information content (AvgIpc) is 2.93. The zero-order valence-electron chi connectivity index (χ0n) is 10.9. The first-order valence-electron chi connectivity index (χ1n) is 6.42. The Kier molecular flexibility index (Phi) is 4.74. The summed E-state index contributed by atoms with van der Waals surface area (Å²) in [4.78, 5) is 11.7.